The van der Waals surface area contributed by atoms with Gasteiger partial charge in [0.15, 0.2) is 0 Å². The van der Waals surface area contributed by atoms with Crippen LogP contribution in [0.25, 0.3) is 0 Å². The van der Waals surface area contributed by atoms with E-state index in [2.05, 4.69) is 4.90 Å². The maximum atomic E-state index is 11.3. The van der Waals surface area contributed by atoms with Crippen molar-refractivity contribution in [2.45, 2.75) is 30.2 Å². The Labute approximate surface area is 112 Å². The van der Waals surface area contributed by atoms with E-state index in [9.17, 15) is 8.42 Å². The van der Waals surface area contributed by atoms with E-state index in [1.807, 2.05) is 0 Å². The monoisotopic (exact) mass is 286 g/mol. The number of benzene rings is 1. The van der Waals surface area contributed by atoms with Crippen LogP contribution in [0.5, 0.6) is 0 Å². The molecule has 1 aliphatic heterocycles. The van der Waals surface area contributed by atoms with Crippen molar-refractivity contribution in [3.63, 3.8) is 0 Å². The van der Waals surface area contributed by atoms with E-state index in [1.54, 1.807) is 6.07 Å². The fourth-order valence-electron chi connectivity index (χ4n) is 2.97. The first-order valence-corrected chi connectivity index (χ1v) is 7.98. The molecule has 2 N–H and O–H groups in total. The lowest BCUT2D eigenvalue weighted by Crippen LogP contribution is -2.39. The van der Waals surface area contributed by atoms with E-state index in [4.69, 9.17) is 16.7 Å². The smallest absolute Gasteiger partial charge is 0.238 e. The molecule has 3 rings (SSSR count). The number of primary sulfonamides is 1. The van der Waals surface area contributed by atoms with Crippen LogP contribution in [0.1, 0.15) is 19.3 Å². The van der Waals surface area contributed by atoms with Gasteiger partial charge >= 0.3 is 0 Å². The van der Waals surface area contributed by atoms with E-state index in [0.29, 0.717) is 11.1 Å². The van der Waals surface area contributed by atoms with Crippen molar-refractivity contribution in [3.05, 3.63) is 23.2 Å². The van der Waals surface area contributed by atoms with E-state index < -0.39 is 10.0 Å². The molecule has 18 heavy (non-hydrogen) atoms. The van der Waals surface area contributed by atoms with Gasteiger partial charge in [0, 0.05) is 12.6 Å². The molecule has 1 saturated heterocycles. The van der Waals surface area contributed by atoms with E-state index in [0.717, 1.165) is 18.2 Å². The Morgan fingerprint density at radius 1 is 1.28 bits per heavy atom. The fraction of sp³-hybridized carbons (Fsp3) is 0.500. The lowest BCUT2D eigenvalue weighted by molar-refractivity contribution is 0.295. The second-order valence-electron chi connectivity index (χ2n) is 5.05. The molecule has 1 aliphatic carbocycles. The highest BCUT2D eigenvalue weighted by atomic mass is 35.5. The second kappa shape index (κ2) is 4.11. The number of hydrogen-bond donors (Lipinski definition) is 1. The van der Waals surface area contributed by atoms with Gasteiger partial charge in [-0.05, 0) is 43.4 Å². The Hall–Kier alpha value is -0.780. The molecule has 4 nitrogen and oxygen atoms in total. The third-order valence-corrected chi connectivity index (χ3v) is 5.29. The minimum absolute atomic E-state index is 0.0700. The molecule has 1 aromatic carbocycles. The van der Waals surface area contributed by atoms with Crippen molar-refractivity contribution in [1.82, 2.24) is 0 Å². The SMILES string of the molecule is NS(=O)(=O)c1ccc(N2CC[C@@H]3CC[C@@H]32)c(Cl)c1. The van der Waals surface area contributed by atoms with Crippen LogP contribution >= 0.6 is 11.6 Å². The predicted molar refractivity (Wildman–Crippen MR) is 71.3 cm³/mol. The van der Waals surface area contributed by atoms with E-state index in [-0.39, 0.29) is 4.90 Å². The molecule has 6 heteroatoms. The largest absolute Gasteiger partial charge is 0.367 e. The zero-order valence-corrected chi connectivity index (χ0v) is 11.4. The highest BCUT2D eigenvalue weighted by Crippen LogP contribution is 2.44. The molecule has 98 valence electrons. The quantitative estimate of drug-likeness (QED) is 0.904. The molecule has 2 fully saturated rings. The van der Waals surface area contributed by atoms with Crippen LogP contribution in [-0.4, -0.2) is 21.0 Å². The number of halogens is 1. The summed E-state index contributed by atoms with van der Waals surface area (Å²) >= 11 is 6.19. The Bertz CT molecular complexity index is 588. The molecule has 0 spiro atoms. The number of rotatable bonds is 2. The average Bonchev–Trinajstić information content (AvgIpc) is 2.52. The summed E-state index contributed by atoms with van der Waals surface area (Å²) in [7, 11) is -3.68. The lowest BCUT2D eigenvalue weighted by atomic mass is 9.80. The summed E-state index contributed by atoms with van der Waals surface area (Å²) in [5.41, 5.74) is 0.927. The molecular formula is C12H15ClN2O2S. The minimum atomic E-state index is -3.68. The van der Waals surface area contributed by atoms with Gasteiger partial charge in [-0.3, -0.25) is 0 Å². The molecule has 2 atom stereocenters. The normalized spacial score (nSPS) is 26.9. The highest BCUT2D eigenvalue weighted by Gasteiger charge is 2.41. The van der Waals surface area contributed by atoms with Gasteiger partial charge in [-0.15, -0.1) is 0 Å². The standard InChI is InChI=1S/C12H15ClN2O2S/c13-10-7-9(18(14,16)17)2-4-12(10)15-6-5-8-1-3-11(8)15/h2,4,7-8,11H,1,3,5-6H2,(H2,14,16,17)/t8-,11-/m0/s1. The fourth-order valence-corrected chi connectivity index (χ4v) is 3.86. The van der Waals surface area contributed by atoms with Gasteiger partial charge in [-0.25, -0.2) is 13.6 Å². The molecule has 1 saturated carbocycles. The Morgan fingerprint density at radius 3 is 2.56 bits per heavy atom. The third-order valence-electron chi connectivity index (χ3n) is 4.08. The van der Waals surface area contributed by atoms with E-state index >= 15 is 0 Å². The van der Waals surface area contributed by atoms with Crippen LogP contribution in [-0.2, 0) is 10.0 Å². The molecule has 0 amide bonds. The van der Waals surface area contributed by atoms with Crippen molar-refractivity contribution in [2.75, 3.05) is 11.4 Å². The van der Waals surface area contributed by atoms with E-state index in [1.165, 1.54) is 31.4 Å². The number of fused-ring (bicyclic) bond motifs is 1. The van der Waals surface area contributed by atoms with Gasteiger partial charge in [0.2, 0.25) is 10.0 Å². The molecular weight excluding hydrogens is 272 g/mol. The number of sulfonamides is 1. The summed E-state index contributed by atoms with van der Waals surface area (Å²) in [6.07, 6.45) is 3.71. The molecule has 0 radical (unpaired) electrons. The summed E-state index contributed by atoms with van der Waals surface area (Å²) < 4.78 is 22.5. The number of hydrogen-bond acceptors (Lipinski definition) is 3. The first kappa shape index (κ1) is 12.3. The summed E-state index contributed by atoms with van der Waals surface area (Å²) in [5.74, 6) is 0.791. The minimum Gasteiger partial charge on any atom is -0.367 e. The van der Waals surface area contributed by atoms with Crippen molar-refractivity contribution in [1.29, 1.82) is 0 Å². The van der Waals surface area contributed by atoms with Crippen LogP contribution < -0.4 is 10.0 Å². The summed E-state index contributed by atoms with van der Waals surface area (Å²) in [6.45, 7) is 1.00. The van der Waals surface area contributed by atoms with Crippen LogP contribution in [0.4, 0.5) is 5.69 Å². The average molecular weight is 287 g/mol. The van der Waals surface area contributed by atoms with Crippen LogP contribution in [0.15, 0.2) is 23.1 Å². The molecule has 1 heterocycles. The van der Waals surface area contributed by atoms with Gasteiger partial charge in [-0.1, -0.05) is 11.6 Å². The molecule has 1 aromatic rings. The maximum absolute atomic E-state index is 11.3. The molecule has 2 aliphatic rings. The lowest BCUT2D eigenvalue weighted by Gasteiger charge is -2.37. The first-order valence-electron chi connectivity index (χ1n) is 6.06. The van der Waals surface area contributed by atoms with Crippen LogP contribution in [0.3, 0.4) is 0 Å². The zero-order chi connectivity index (χ0) is 12.9. The second-order valence-corrected chi connectivity index (χ2v) is 7.01. The Morgan fingerprint density at radius 2 is 2.06 bits per heavy atom. The topological polar surface area (TPSA) is 63.4 Å². The van der Waals surface area contributed by atoms with Gasteiger partial charge in [0.05, 0.1) is 15.6 Å². The Kier molecular flexibility index (Phi) is 2.80. The number of anilines is 1. The first-order chi connectivity index (χ1) is 8.47. The van der Waals surface area contributed by atoms with Crippen LogP contribution in [0.2, 0.25) is 5.02 Å². The van der Waals surface area contributed by atoms with Crippen molar-refractivity contribution in [2.24, 2.45) is 11.1 Å². The van der Waals surface area contributed by atoms with Crippen LogP contribution in [0, 0.1) is 5.92 Å². The van der Waals surface area contributed by atoms with Gasteiger partial charge in [-0.2, -0.15) is 0 Å². The van der Waals surface area contributed by atoms with Gasteiger partial charge in [0.25, 0.3) is 0 Å². The number of nitrogens with two attached hydrogens (primary N) is 1. The predicted octanol–water partition coefficient (Wildman–Crippen LogP) is 1.98. The highest BCUT2D eigenvalue weighted by molar-refractivity contribution is 7.89. The van der Waals surface area contributed by atoms with Gasteiger partial charge in [0.1, 0.15) is 0 Å². The summed E-state index contributed by atoms with van der Waals surface area (Å²) in [4.78, 5) is 2.37. The number of nitrogens with zero attached hydrogens (tertiary/aromatic N) is 1. The van der Waals surface area contributed by atoms with Crippen molar-refractivity contribution >= 4 is 27.3 Å². The van der Waals surface area contributed by atoms with Crippen molar-refractivity contribution in [3.8, 4) is 0 Å². The summed E-state index contributed by atoms with van der Waals surface area (Å²) in [5, 5.41) is 5.56. The van der Waals surface area contributed by atoms with Crippen molar-refractivity contribution < 1.29 is 8.42 Å². The third kappa shape index (κ3) is 1.90. The molecule has 0 aromatic heterocycles. The summed E-state index contributed by atoms with van der Waals surface area (Å²) in [6, 6.07) is 5.33. The van der Waals surface area contributed by atoms with Gasteiger partial charge < -0.3 is 4.90 Å². The molecule has 0 bridgehead atoms. The zero-order valence-electron chi connectivity index (χ0n) is 9.84. The molecule has 0 unspecified atom stereocenters. The Balaban J connectivity index is 1.94. The maximum Gasteiger partial charge on any atom is 0.238 e.